The molecule has 114 valence electrons. The number of benzene rings is 1. The van der Waals surface area contributed by atoms with Crippen molar-refractivity contribution in [2.45, 2.75) is 39.7 Å². The Kier molecular flexibility index (Phi) is 4.30. The molecule has 1 fully saturated rings. The van der Waals surface area contributed by atoms with Gasteiger partial charge in [-0.25, -0.2) is 4.39 Å². The molecule has 1 saturated heterocycles. The zero-order valence-corrected chi connectivity index (χ0v) is 12.6. The van der Waals surface area contributed by atoms with Gasteiger partial charge >= 0.3 is 0 Å². The summed E-state index contributed by atoms with van der Waals surface area (Å²) in [6, 6.07) is 5.77. The molecule has 1 aliphatic heterocycles. The van der Waals surface area contributed by atoms with Crippen LogP contribution < -0.4 is 10.2 Å². The average molecular weight is 292 g/mol. The van der Waals surface area contributed by atoms with Crippen molar-refractivity contribution in [3.05, 3.63) is 30.1 Å². The van der Waals surface area contributed by atoms with E-state index in [9.17, 15) is 14.0 Å². The highest BCUT2D eigenvalue weighted by Gasteiger charge is 2.46. The summed E-state index contributed by atoms with van der Waals surface area (Å²) in [5.74, 6) is -0.809. The Morgan fingerprint density at radius 2 is 1.95 bits per heavy atom. The molecule has 1 aliphatic rings. The van der Waals surface area contributed by atoms with E-state index in [-0.39, 0.29) is 23.7 Å². The van der Waals surface area contributed by atoms with Crippen LogP contribution in [0.5, 0.6) is 0 Å². The lowest BCUT2D eigenvalue weighted by Gasteiger charge is -2.38. The fraction of sp³-hybridized carbons (Fsp3) is 0.500. The van der Waals surface area contributed by atoms with E-state index in [2.05, 4.69) is 5.32 Å². The third kappa shape index (κ3) is 3.06. The second kappa shape index (κ2) is 5.84. The van der Waals surface area contributed by atoms with Gasteiger partial charge in [0.05, 0.1) is 0 Å². The minimum Gasteiger partial charge on any atom is -0.353 e. The van der Waals surface area contributed by atoms with Crippen molar-refractivity contribution in [3.63, 3.8) is 0 Å². The van der Waals surface area contributed by atoms with Crippen molar-refractivity contribution in [3.8, 4) is 0 Å². The van der Waals surface area contributed by atoms with Crippen molar-refractivity contribution in [1.29, 1.82) is 0 Å². The molecule has 0 bridgehead atoms. The number of piperidine rings is 1. The molecule has 0 aliphatic carbocycles. The van der Waals surface area contributed by atoms with E-state index >= 15 is 0 Å². The zero-order valence-electron chi connectivity index (χ0n) is 12.6. The Balaban J connectivity index is 2.25. The number of amides is 2. The summed E-state index contributed by atoms with van der Waals surface area (Å²) in [5.41, 5.74) is -0.429. The van der Waals surface area contributed by atoms with Crippen LogP contribution in [0.25, 0.3) is 0 Å². The van der Waals surface area contributed by atoms with Gasteiger partial charge in [0.25, 0.3) is 0 Å². The number of halogens is 1. The van der Waals surface area contributed by atoms with Gasteiger partial charge in [-0.15, -0.1) is 0 Å². The maximum atomic E-state index is 13.0. The lowest BCUT2D eigenvalue weighted by Crippen LogP contribution is -2.55. The Bertz CT molecular complexity index is 542. The number of hydrogen-bond acceptors (Lipinski definition) is 2. The molecule has 0 radical (unpaired) electrons. The molecule has 1 atom stereocenters. The minimum absolute atomic E-state index is 0.0108. The summed E-state index contributed by atoms with van der Waals surface area (Å²) in [6.45, 7) is 5.97. The molecule has 1 aromatic rings. The van der Waals surface area contributed by atoms with Gasteiger partial charge in [-0.05, 0) is 57.9 Å². The first kappa shape index (κ1) is 15.5. The SMILES string of the molecule is CC(C)NC(=O)[C@]1(C)CCCN(c2ccc(F)cc2)C1=O. The van der Waals surface area contributed by atoms with Gasteiger partial charge < -0.3 is 10.2 Å². The molecule has 0 spiro atoms. The van der Waals surface area contributed by atoms with Crippen LogP contribution in [0, 0.1) is 11.2 Å². The van der Waals surface area contributed by atoms with Crippen molar-refractivity contribution in [1.82, 2.24) is 5.32 Å². The Hall–Kier alpha value is -1.91. The number of carbonyl (C=O) groups excluding carboxylic acids is 2. The van der Waals surface area contributed by atoms with E-state index in [0.29, 0.717) is 18.7 Å². The summed E-state index contributed by atoms with van der Waals surface area (Å²) in [4.78, 5) is 26.7. The van der Waals surface area contributed by atoms with Crippen LogP contribution >= 0.6 is 0 Å². The molecule has 1 aromatic carbocycles. The number of carbonyl (C=O) groups is 2. The van der Waals surface area contributed by atoms with Gasteiger partial charge in [-0.3, -0.25) is 9.59 Å². The molecule has 1 heterocycles. The molecule has 0 unspecified atom stereocenters. The average Bonchev–Trinajstić information content (AvgIpc) is 2.42. The summed E-state index contributed by atoms with van der Waals surface area (Å²) >= 11 is 0. The van der Waals surface area contributed by atoms with E-state index < -0.39 is 5.41 Å². The van der Waals surface area contributed by atoms with Crippen molar-refractivity contribution in [2.24, 2.45) is 5.41 Å². The maximum absolute atomic E-state index is 13.0. The summed E-state index contributed by atoms with van der Waals surface area (Å²) < 4.78 is 13.0. The van der Waals surface area contributed by atoms with Gasteiger partial charge in [-0.2, -0.15) is 0 Å². The normalized spacial score (nSPS) is 22.5. The van der Waals surface area contributed by atoms with Crippen LogP contribution in [-0.4, -0.2) is 24.4 Å². The van der Waals surface area contributed by atoms with Gasteiger partial charge in [0.15, 0.2) is 0 Å². The number of rotatable bonds is 3. The second-order valence-electron chi connectivity index (χ2n) is 6.00. The highest BCUT2D eigenvalue weighted by Crippen LogP contribution is 2.34. The smallest absolute Gasteiger partial charge is 0.242 e. The predicted octanol–water partition coefficient (Wildman–Crippen LogP) is 2.48. The van der Waals surface area contributed by atoms with E-state index in [1.165, 1.54) is 12.1 Å². The molecule has 1 N–H and O–H groups in total. The lowest BCUT2D eigenvalue weighted by molar-refractivity contribution is -0.143. The van der Waals surface area contributed by atoms with Crippen LogP contribution in [-0.2, 0) is 9.59 Å². The Morgan fingerprint density at radius 1 is 1.33 bits per heavy atom. The molecule has 2 amide bonds. The second-order valence-corrected chi connectivity index (χ2v) is 6.00. The van der Waals surface area contributed by atoms with E-state index in [1.54, 1.807) is 24.0 Å². The predicted molar refractivity (Wildman–Crippen MR) is 79.4 cm³/mol. The maximum Gasteiger partial charge on any atom is 0.242 e. The number of nitrogens with one attached hydrogen (secondary N) is 1. The summed E-state index contributed by atoms with van der Waals surface area (Å²) in [5, 5.41) is 2.82. The monoisotopic (exact) mass is 292 g/mol. The molecular weight excluding hydrogens is 271 g/mol. The molecule has 0 aromatic heterocycles. The molecular formula is C16H21FN2O2. The number of hydrogen-bond donors (Lipinski definition) is 1. The highest BCUT2D eigenvalue weighted by molar-refractivity contribution is 6.12. The quantitative estimate of drug-likeness (QED) is 0.870. The summed E-state index contributed by atoms with van der Waals surface area (Å²) in [7, 11) is 0. The largest absolute Gasteiger partial charge is 0.353 e. The van der Waals surface area contributed by atoms with Crippen LogP contribution in [0.4, 0.5) is 10.1 Å². The fourth-order valence-corrected chi connectivity index (χ4v) is 2.60. The van der Waals surface area contributed by atoms with Crippen molar-refractivity contribution >= 4 is 17.5 Å². The molecule has 0 saturated carbocycles. The van der Waals surface area contributed by atoms with Crippen LogP contribution in [0.15, 0.2) is 24.3 Å². The van der Waals surface area contributed by atoms with Gasteiger partial charge in [0, 0.05) is 18.3 Å². The minimum atomic E-state index is -1.06. The number of anilines is 1. The summed E-state index contributed by atoms with van der Waals surface area (Å²) in [6.07, 6.45) is 1.27. The van der Waals surface area contributed by atoms with Gasteiger partial charge in [0.2, 0.25) is 11.8 Å². The van der Waals surface area contributed by atoms with Gasteiger partial charge in [0.1, 0.15) is 11.2 Å². The first-order valence-corrected chi connectivity index (χ1v) is 7.23. The van der Waals surface area contributed by atoms with E-state index in [4.69, 9.17) is 0 Å². The van der Waals surface area contributed by atoms with Crippen LogP contribution in [0.1, 0.15) is 33.6 Å². The molecule has 21 heavy (non-hydrogen) atoms. The third-order valence-electron chi connectivity index (χ3n) is 3.83. The lowest BCUT2D eigenvalue weighted by atomic mass is 9.79. The van der Waals surface area contributed by atoms with E-state index in [0.717, 1.165) is 6.42 Å². The van der Waals surface area contributed by atoms with Crippen LogP contribution in [0.2, 0.25) is 0 Å². The Morgan fingerprint density at radius 3 is 2.52 bits per heavy atom. The van der Waals surface area contributed by atoms with Crippen molar-refractivity contribution in [2.75, 3.05) is 11.4 Å². The first-order chi connectivity index (χ1) is 9.84. The molecule has 2 rings (SSSR count). The topological polar surface area (TPSA) is 49.4 Å². The number of nitrogens with zero attached hydrogens (tertiary/aromatic N) is 1. The third-order valence-corrected chi connectivity index (χ3v) is 3.83. The highest BCUT2D eigenvalue weighted by atomic mass is 19.1. The van der Waals surface area contributed by atoms with Gasteiger partial charge in [-0.1, -0.05) is 0 Å². The standard InChI is InChI=1S/C16H21FN2O2/c1-11(2)18-14(20)16(3)9-4-10-19(15(16)21)13-7-5-12(17)6-8-13/h5-8,11H,4,9-10H2,1-3H3,(H,18,20)/t16-/m0/s1. The molecule has 5 heteroatoms. The van der Waals surface area contributed by atoms with E-state index in [1.807, 2.05) is 13.8 Å². The molecule has 4 nitrogen and oxygen atoms in total. The van der Waals surface area contributed by atoms with Crippen LogP contribution in [0.3, 0.4) is 0 Å². The zero-order chi connectivity index (χ0) is 15.6. The fourth-order valence-electron chi connectivity index (χ4n) is 2.60. The Labute approximate surface area is 124 Å². The van der Waals surface area contributed by atoms with Crippen molar-refractivity contribution < 1.29 is 14.0 Å². The first-order valence-electron chi connectivity index (χ1n) is 7.23.